The molecule has 2 heterocycles. The van der Waals surface area contributed by atoms with Crippen molar-refractivity contribution in [3.8, 4) is 11.3 Å². The van der Waals surface area contributed by atoms with E-state index in [9.17, 15) is 9.59 Å². The second kappa shape index (κ2) is 6.87. The Bertz CT molecular complexity index is 702. The number of rotatable bonds is 6. The minimum atomic E-state index is -0.435. The van der Waals surface area contributed by atoms with Gasteiger partial charge in [-0.3, -0.25) is 9.69 Å². The Morgan fingerprint density at radius 1 is 1.30 bits per heavy atom. The number of thioether (sulfide) groups is 1. The van der Waals surface area contributed by atoms with Crippen LogP contribution in [0.1, 0.15) is 12.1 Å². The Morgan fingerprint density at radius 3 is 2.83 bits per heavy atom. The zero-order valence-electron chi connectivity index (χ0n) is 12.7. The van der Waals surface area contributed by atoms with Gasteiger partial charge in [-0.15, -0.1) is 0 Å². The van der Waals surface area contributed by atoms with Crippen LogP contribution in [0.4, 0.5) is 4.79 Å². The van der Waals surface area contributed by atoms with E-state index in [0.717, 1.165) is 11.3 Å². The Kier molecular flexibility index (Phi) is 4.66. The van der Waals surface area contributed by atoms with Crippen molar-refractivity contribution < 1.29 is 14.1 Å². The molecule has 1 aliphatic rings. The van der Waals surface area contributed by atoms with Crippen molar-refractivity contribution in [2.45, 2.75) is 19.0 Å². The van der Waals surface area contributed by atoms with Crippen LogP contribution >= 0.6 is 11.8 Å². The lowest BCUT2D eigenvalue weighted by Gasteiger charge is -2.10. The average Bonchev–Trinajstić information content (AvgIpc) is 3.14. The van der Waals surface area contributed by atoms with Gasteiger partial charge < -0.3 is 9.84 Å². The maximum absolute atomic E-state index is 12.3. The summed E-state index contributed by atoms with van der Waals surface area (Å²) in [7, 11) is 0. The standard InChI is InChI=1S/C16H17N3O3S/c1-23-8-7-13-15(20)19(16(21)17-13)10-12-9-14(22-18-12)11-5-3-2-4-6-11/h2-6,9,13H,7-8,10H2,1H3,(H,17,21). The molecule has 0 radical (unpaired) electrons. The summed E-state index contributed by atoms with van der Waals surface area (Å²) in [6, 6.07) is 10.5. The number of carbonyl (C=O) groups is 2. The molecule has 7 heteroatoms. The van der Waals surface area contributed by atoms with Crippen molar-refractivity contribution in [3.63, 3.8) is 0 Å². The van der Waals surface area contributed by atoms with Gasteiger partial charge in [-0.2, -0.15) is 11.8 Å². The van der Waals surface area contributed by atoms with Crippen LogP contribution in [0.25, 0.3) is 11.3 Å². The highest BCUT2D eigenvalue weighted by atomic mass is 32.2. The highest BCUT2D eigenvalue weighted by molar-refractivity contribution is 7.98. The van der Waals surface area contributed by atoms with Crippen molar-refractivity contribution in [2.75, 3.05) is 12.0 Å². The van der Waals surface area contributed by atoms with Gasteiger partial charge in [0, 0.05) is 11.6 Å². The summed E-state index contributed by atoms with van der Waals surface area (Å²) in [4.78, 5) is 25.4. The summed E-state index contributed by atoms with van der Waals surface area (Å²) in [6.45, 7) is 0.122. The summed E-state index contributed by atoms with van der Waals surface area (Å²) >= 11 is 1.65. The number of imide groups is 1. The molecule has 1 aliphatic heterocycles. The van der Waals surface area contributed by atoms with Gasteiger partial charge >= 0.3 is 6.03 Å². The number of urea groups is 1. The maximum Gasteiger partial charge on any atom is 0.325 e. The molecule has 23 heavy (non-hydrogen) atoms. The number of hydrogen-bond donors (Lipinski definition) is 1. The predicted molar refractivity (Wildman–Crippen MR) is 87.8 cm³/mol. The van der Waals surface area contributed by atoms with Gasteiger partial charge in [0.05, 0.1) is 6.54 Å². The Labute approximate surface area is 138 Å². The molecule has 120 valence electrons. The zero-order chi connectivity index (χ0) is 16.2. The lowest BCUT2D eigenvalue weighted by Crippen LogP contribution is -2.31. The molecule has 1 N–H and O–H groups in total. The van der Waals surface area contributed by atoms with E-state index < -0.39 is 6.04 Å². The minimum Gasteiger partial charge on any atom is -0.356 e. The van der Waals surface area contributed by atoms with Crippen LogP contribution in [0.15, 0.2) is 40.9 Å². The van der Waals surface area contributed by atoms with Gasteiger partial charge in [0.1, 0.15) is 11.7 Å². The van der Waals surface area contributed by atoms with E-state index in [2.05, 4.69) is 10.5 Å². The second-order valence-electron chi connectivity index (χ2n) is 5.26. The number of hydrogen-bond acceptors (Lipinski definition) is 5. The van der Waals surface area contributed by atoms with Crippen LogP contribution in [0, 0.1) is 0 Å². The Hall–Kier alpha value is -2.28. The van der Waals surface area contributed by atoms with Crippen LogP contribution in [-0.2, 0) is 11.3 Å². The summed E-state index contributed by atoms with van der Waals surface area (Å²) in [5, 5.41) is 6.67. The third-order valence-electron chi connectivity index (χ3n) is 3.66. The fourth-order valence-corrected chi connectivity index (χ4v) is 2.92. The Morgan fingerprint density at radius 2 is 2.09 bits per heavy atom. The second-order valence-corrected chi connectivity index (χ2v) is 6.24. The predicted octanol–water partition coefficient (Wildman–Crippen LogP) is 2.52. The van der Waals surface area contributed by atoms with Crippen LogP contribution < -0.4 is 5.32 Å². The first kappa shape index (κ1) is 15.6. The van der Waals surface area contributed by atoms with E-state index in [-0.39, 0.29) is 18.5 Å². The molecule has 1 unspecified atom stereocenters. The molecule has 0 bridgehead atoms. The summed E-state index contributed by atoms with van der Waals surface area (Å²) in [5.74, 6) is 1.24. The van der Waals surface area contributed by atoms with E-state index in [1.807, 2.05) is 36.6 Å². The lowest BCUT2D eigenvalue weighted by atomic mass is 10.1. The third-order valence-corrected chi connectivity index (χ3v) is 4.30. The molecule has 1 aromatic heterocycles. The van der Waals surface area contributed by atoms with Gasteiger partial charge in [0.25, 0.3) is 5.91 Å². The highest BCUT2D eigenvalue weighted by Gasteiger charge is 2.37. The number of nitrogens with zero attached hydrogens (tertiary/aromatic N) is 2. The van der Waals surface area contributed by atoms with Gasteiger partial charge in [-0.05, 0) is 18.4 Å². The van der Waals surface area contributed by atoms with Gasteiger partial charge in [0.2, 0.25) is 0 Å². The van der Waals surface area contributed by atoms with Gasteiger partial charge in [0.15, 0.2) is 5.76 Å². The van der Waals surface area contributed by atoms with Crippen molar-refractivity contribution in [1.29, 1.82) is 0 Å². The molecule has 0 saturated carbocycles. The molecule has 3 rings (SSSR count). The topological polar surface area (TPSA) is 75.4 Å². The average molecular weight is 331 g/mol. The zero-order valence-corrected chi connectivity index (χ0v) is 13.5. The summed E-state index contributed by atoms with van der Waals surface area (Å²) in [6.07, 6.45) is 2.61. The molecule has 1 saturated heterocycles. The monoisotopic (exact) mass is 331 g/mol. The van der Waals surface area contributed by atoms with Gasteiger partial charge in [-0.25, -0.2) is 4.79 Å². The number of aromatic nitrogens is 1. The molecule has 1 aromatic carbocycles. The van der Waals surface area contributed by atoms with Crippen LogP contribution in [-0.4, -0.2) is 40.0 Å². The van der Waals surface area contributed by atoms with E-state index in [0.29, 0.717) is 17.9 Å². The van der Waals surface area contributed by atoms with Crippen molar-refractivity contribution in [2.24, 2.45) is 0 Å². The fraction of sp³-hybridized carbons (Fsp3) is 0.312. The van der Waals surface area contributed by atoms with Crippen LogP contribution in [0.5, 0.6) is 0 Å². The normalized spacial score (nSPS) is 17.6. The van der Waals surface area contributed by atoms with Crippen molar-refractivity contribution in [3.05, 3.63) is 42.1 Å². The third kappa shape index (κ3) is 3.39. The first-order valence-electron chi connectivity index (χ1n) is 7.31. The molecular formula is C16H17N3O3S. The quantitative estimate of drug-likeness (QED) is 0.823. The molecule has 1 atom stereocenters. The smallest absolute Gasteiger partial charge is 0.325 e. The van der Waals surface area contributed by atoms with Crippen molar-refractivity contribution >= 4 is 23.7 Å². The number of nitrogens with one attached hydrogen (secondary N) is 1. The maximum atomic E-state index is 12.3. The SMILES string of the molecule is CSCCC1NC(=O)N(Cc2cc(-c3ccccc3)on2)C1=O. The molecule has 2 aromatic rings. The molecule has 3 amide bonds. The number of carbonyl (C=O) groups excluding carboxylic acids is 2. The molecule has 0 spiro atoms. The summed E-state index contributed by atoms with van der Waals surface area (Å²) in [5.41, 5.74) is 1.46. The highest BCUT2D eigenvalue weighted by Crippen LogP contribution is 2.21. The molecule has 6 nitrogen and oxygen atoms in total. The first-order valence-corrected chi connectivity index (χ1v) is 8.70. The number of benzene rings is 1. The molecule has 0 aliphatic carbocycles. The lowest BCUT2D eigenvalue weighted by molar-refractivity contribution is -0.127. The van der Waals surface area contributed by atoms with E-state index in [1.165, 1.54) is 4.90 Å². The largest absolute Gasteiger partial charge is 0.356 e. The van der Waals surface area contributed by atoms with E-state index >= 15 is 0 Å². The fourth-order valence-electron chi connectivity index (χ4n) is 2.44. The van der Waals surface area contributed by atoms with Crippen molar-refractivity contribution in [1.82, 2.24) is 15.4 Å². The molecular weight excluding hydrogens is 314 g/mol. The number of amides is 3. The molecule has 1 fully saturated rings. The van der Waals surface area contributed by atoms with Crippen LogP contribution in [0.3, 0.4) is 0 Å². The first-order chi connectivity index (χ1) is 11.2. The van der Waals surface area contributed by atoms with Gasteiger partial charge in [-0.1, -0.05) is 35.5 Å². The Balaban J connectivity index is 1.69. The van der Waals surface area contributed by atoms with E-state index in [1.54, 1.807) is 17.8 Å². The summed E-state index contributed by atoms with van der Waals surface area (Å²) < 4.78 is 5.30. The van der Waals surface area contributed by atoms with Crippen LogP contribution in [0.2, 0.25) is 0 Å². The van der Waals surface area contributed by atoms with E-state index in [4.69, 9.17) is 4.52 Å². The minimum absolute atomic E-state index is 0.122.